The second kappa shape index (κ2) is 4.76. The molecule has 0 amide bonds. The molecule has 2 aromatic rings. The molecule has 2 rings (SSSR count). The summed E-state index contributed by atoms with van der Waals surface area (Å²) in [6.07, 6.45) is 0. The Hall–Kier alpha value is -2.30. The fourth-order valence-electron chi connectivity index (χ4n) is 1.96. The zero-order valence-electron chi connectivity index (χ0n) is 10.4. The van der Waals surface area contributed by atoms with Crippen molar-refractivity contribution < 1.29 is 18.7 Å². The van der Waals surface area contributed by atoms with Gasteiger partial charge in [0.15, 0.2) is 11.6 Å². The Morgan fingerprint density at radius 1 is 1.16 bits per heavy atom. The van der Waals surface area contributed by atoms with E-state index in [1.54, 1.807) is 19.9 Å². The van der Waals surface area contributed by atoms with Crippen LogP contribution in [0.3, 0.4) is 0 Å². The summed E-state index contributed by atoms with van der Waals surface area (Å²) >= 11 is 0. The molecular weight excluding hydrogens is 252 g/mol. The van der Waals surface area contributed by atoms with Crippen molar-refractivity contribution in [1.29, 1.82) is 0 Å². The lowest BCUT2D eigenvalue weighted by atomic mass is 10.0. The number of aromatic carboxylic acids is 1. The standard InChI is InChI=1S/C14H11F2NO2/c1-7-5-12(17-8(2)13(7)14(18)19)9-3-4-10(15)11(16)6-9/h3-6H,1-2H3,(H,18,19). The van der Waals surface area contributed by atoms with Gasteiger partial charge in [0.1, 0.15) is 0 Å². The third-order valence-corrected chi connectivity index (χ3v) is 2.83. The Bertz CT molecular complexity index is 645. The molecule has 0 saturated heterocycles. The van der Waals surface area contributed by atoms with Crippen LogP contribution >= 0.6 is 0 Å². The van der Waals surface area contributed by atoms with Crippen LogP contribution in [0.1, 0.15) is 21.6 Å². The maximum atomic E-state index is 13.2. The molecule has 1 aromatic carbocycles. The molecule has 0 atom stereocenters. The molecule has 0 aliphatic heterocycles. The number of aromatic nitrogens is 1. The number of aryl methyl sites for hydroxylation is 2. The Balaban J connectivity index is 2.58. The number of carboxylic acids is 1. The molecule has 19 heavy (non-hydrogen) atoms. The number of pyridine rings is 1. The highest BCUT2D eigenvalue weighted by atomic mass is 19.2. The summed E-state index contributed by atoms with van der Waals surface area (Å²) in [5, 5.41) is 9.04. The highest BCUT2D eigenvalue weighted by molar-refractivity contribution is 5.91. The second-order valence-electron chi connectivity index (χ2n) is 4.22. The predicted octanol–water partition coefficient (Wildman–Crippen LogP) is 3.34. The monoisotopic (exact) mass is 263 g/mol. The summed E-state index contributed by atoms with van der Waals surface area (Å²) in [5.41, 5.74) is 1.82. The highest BCUT2D eigenvalue weighted by Gasteiger charge is 2.14. The number of benzene rings is 1. The fraction of sp³-hybridized carbons (Fsp3) is 0.143. The molecule has 0 radical (unpaired) electrons. The van der Waals surface area contributed by atoms with E-state index in [9.17, 15) is 13.6 Å². The van der Waals surface area contributed by atoms with E-state index >= 15 is 0 Å². The van der Waals surface area contributed by atoms with Crippen molar-refractivity contribution in [1.82, 2.24) is 4.98 Å². The summed E-state index contributed by atoms with van der Waals surface area (Å²) in [6, 6.07) is 5.00. The lowest BCUT2D eigenvalue weighted by Crippen LogP contribution is -2.05. The van der Waals surface area contributed by atoms with Gasteiger partial charge in [-0.3, -0.25) is 4.98 Å². The average molecular weight is 263 g/mol. The Kier molecular flexibility index (Phi) is 3.29. The van der Waals surface area contributed by atoms with Gasteiger partial charge in [-0.15, -0.1) is 0 Å². The molecule has 5 heteroatoms. The van der Waals surface area contributed by atoms with Crippen molar-refractivity contribution in [3.63, 3.8) is 0 Å². The minimum atomic E-state index is -1.06. The number of nitrogens with zero attached hydrogens (tertiary/aromatic N) is 1. The Labute approximate surface area is 108 Å². The van der Waals surface area contributed by atoms with E-state index in [0.29, 0.717) is 22.5 Å². The van der Waals surface area contributed by atoms with Gasteiger partial charge in [-0.1, -0.05) is 0 Å². The first-order valence-corrected chi connectivity index (χ1v) is 5.57. The van der Waals surface area contributed by atoms with Gasteiger partial charge in [-0.2, -0.15) is 0 Å². The molecule has 0 saturated carbocycles. The summed E-state index contributed by atoms with van der Waals surface area (Å²) < 4.78 is 26.0. The maximum absolute atomic E-state index is 13.2. The van der Waals surface area contributed by atoms with Crippen molar-refractivity contribution in [2.24, 2.45) is 0 Å². The van der Waals surface area contributed by atoms with Crippen molar-refractivity contribution in [2.45, 2.75) is 13.8 Å². The molecular formula is C14H11F2NO2. The molecule has 0 aliphatic carbocycles. The van der Waals surface area contributed by atoms with Gasteiger partial charge in [0.05, 0.1) is 17.0 Å². The molecule has 98 valence electrons. The lowest BCUT2D eigenvalue weighted by Gasteiger charge is -2.08. The van der Waals surface area contributed by atoms with Crippen molar-refractivity contribution >= 4 is 5.97 Å². The zero-order chi connectivity index (χ0) is 14.2. The second-order valence-corrected chi connectivity index (χ2v) is 4.22. The van der Waals surface area contributed by atoms with Crippen molar-refractivity contribution in [3.05, 3.63) is 52.7 Å². The van der Waals surface area contributed by atoms with Crippen LogP contribution in [0.15, 0.2) is 24.3 Å². The third-order valence-electron chi connectivity index (χ3n) is 2.83. The number of rotatable bonds is 2. The van der Waals surface area contributed by atoms with Crippen LogP contribution in [-0.2, 0) is 0 Å². The molecule has 0 bridgehead atoms. The Morgan fingerprint density at radius 3 is 2.37 bits per heavy atom. The van der Waals surface area contributed by atoms with Gasteiger partial charge in [0.2, 0.25) is 0 Å². The first kappa shape index (κ1) is 13.1. The number of carboxylic acid groups (broad SMARTS) is 1. The molecule has 1 N–H and O–H groups in total. The largest absolute Gasteiger partial charge is 0.478 e. The smallest absolute Gasteiger partial charge is 0.337 e. The van der Waals surface area contributed by atoms with Gasteiger partial charge in [-0.05, 0) is 43.7 Å². The van der Waals surface area contributed by atoms with Crippen LogP contribution in [-0.4, -0.2) is 16.1 Å². The van der Waals surface area contributed by atoms with Crippen LogP contribution in [0.4, 0.5) is 8.78 Å². The van der Waals surface area contributed by atoms with Crippen LogP contribution in [0, 0.1) is 25.5 Å². The van der Waals surface area contributed by atoms with Crippen LogP contribution < -0.4 is 0 Å². The first-order valence-electron chi connectivity index (χ1n) is 5.57. The number of hydrogen-bond donors (Lipinski definition) is 1. The molecule has 3 nitrogen and oxygen atoms in total. The maximum Gasteiger partial charge on any atom is 0.337 e. The van der Waals surface area contributed by atoms with Gasteiger partial charge >= 0.3 is 5.97 Å². The third kappa shape index (κ3) is 2.45. The topological polar surface area (TPSA) is 50.2 Å². The van der Waals surface area contributed by atoms with Crippen molar-refractivity contribution in [2.75, 3.05) is 0 Å². The quantitative estimate of drug-likeness (QED) is 0.904. The van der Waals surface area contributed by atoms with Gasteiger partial charge in [-0.25, -0.2) is 13.6 Å². The van der Waals surface area contributed by atoms with E-state index in [2.05, 4.69) is 4.98 Å². The van der Waals surface area contributed by atoms with E-state index in [1.165, 1.54) is 6.07 Å². The molecule has 0 fully saturated rings. The van der Waals surface area contributed by atoms with Gasteiger partial charge < -0.3 is 5.11 Å². The van der Waals surface area contributed by atoms with Crippen LogP contribution in [0.2, 0.25) is 0 Å². The molecule has 0 aliphatic rings. The Morgan fingerprint density at radius 2 is 1.84 bits per heavy atom. The minimum absolute atomic E-state index is 0.131. The molecule has 0 unspecified atom stereocenters. The molecule has 1 heterocycles. The van der Waals surface area contributed by atoms with Crippen LogP contribution in [0.5, 0.6) is 0 Å². The SMILES string of the molecule is Cc1cc(-c2ccc(F)c(F)c2)nc(C)c1C(=O)O. The average Bonchev–Trinajstić information content (AvgIpc) is 2.31. The normalized spacial score (nSPS) is 10.5. The number of halogens is 2. The van der Waals surface area contributed by atoms with E-state index < -0.39 is 17.6 Å². The summed E-state index contributed by atoms with van der Waals surface area (Å²) in [4.78, 5) is 15.2. The first-order chi connectivity index (χ1) is 8.90. The summed E-state index contributed by atoms with van der Waals surface area (Å²) in [7, 11) is 0. The number of carbonyl (C=O) groups is 1. The molecule has 0 spiro atoms. The zero-order valence-corrected chi connectivity index (χ0v) is 10.4. The van der Waals surface area contributed by atoms with E-state index in [1.807, 2.05) is 0 Å². The summed E-state index contributed by atoms with van der Waals surface area (Å²) in [6.45, 7) is 3.21. The van der Waals surface area contributed by atoms with Crippen molar-refractivity contribution in [3.8, 4) is 11.3 Å². The fourth-order valence-corrected chi connectivity index (χ4v) is 1.96. The highest BCUT2D eigenvalue weighted by Crippen LogP contribution is 2.23. The van der Waals surface area contributed by atoms with E-state index in [4.69, 9.17) is 5.11 Å². The van der Waals surface area contributed by atoms with Gasteiger partial charge in [0, 0.05) is 5.56 Å². The summed E-state index contributed by atoms with van der Waals surface area (Å²) in [5.74, 6) is -2.95. The van der Waals surface area contributed by atoms with E-state index in [0.717, 1.165) is 12.1 Å². The van der Waals surface area contributed by atoms with E-state index in [-0.39, 0.29) is 5.56 Å². The molecule has 1 aromatic heterocycles. The van der Waals surface area contributed by atoms with Crippen LogP contribution in [0.25, 0.3) is 11.3 Å². The lowest BCUT2D eigenvalue weighted by molar-refractivity contribution is 0.0695. The minimum Gasteiger partial charge on any atom is -0.478 e. The predicted molar refractivity (Wildman–Crippen MR) is 66.0 cm³/mol. The number of hydrogen-bond acceptors (Lipinski definition) is 2. The van der Waals surface area contributed by atoms with Gasteiger partial charge in [0.25, 0.3) is 0 Å².